The maximum atomic E-state index is 3.52. The molecule has 60 valence electrons. The highest BCUT2D eigenvalue weighted by atomic mass is 32.1. The average molecular weight is 167 g/mol. The summed E-state index contributed by atoms with van der Waals surface area (Å²) in [6, 6.07) is 2.99. The Morgan fingerprint density at radius 2 is 2.55 bits per heavy atom. The summed E-state index contributed by atoms with van der Waals surface area (Å²) in [6.07, 6.45) is 1.37. The molecule has 1 aliphatic carbocycles. The number of rotatable bonds is 3. The topological polar surface area (TPSA) is 12.0 Å². The molecule has 1 fully saturated rings. The fourth-order valence-corrected chi connectivity index (χ4v) is 1.92. The van der Waals surface area contributed by atoms with Crippen molar-refractivity contribution in [2.45, 2.75) is 25.9 Å². The van der Waals surface area contributed by atoms with E-state index < -0.39 is 0 Å². The molecule has 1 saturated carbocycles. The van der Waals surface area contributed by atoms with Crippen LogP contribution in [0.25, 0.3) is 0 Å². The minimum atomic E-state index is 0.801. The first kappa shape index (κ1) is 7.32. The molecule has 0 radical (unpaired) electrons. The van der Waals surface area contributed by atoms with Gasteiger partial charge in [0.15, 0.2) is 0 Å². The maximum absolute atomic E-state index is 3.52. The highest BCUT2D eigenvalue weighted by Gasteiger charge is 2.31. The molecule has 2 unspecified atom stereocenters. The van der Waals surface area contributed by atoms with E-state index >= 15 is 0 Å². The number of nitrogens with one attached hydrogen (secondary N) is 1. The third-order valence-electron chi connectivity index (χ3n) is 2.26. The fraction of sp³-hybridized carbons (Fsp3) is 0.556. The summed E-state index contributed by atoms with van der Waals surface area (Å²) in [4.78, 5) is 0. The van der Waals surface area contributed by atoms with E-state index in [9.17, 15) is 0 Å². The van der Waals surface area contributed by atoms with Crippen LogP contribution >= 0.6 is 11.3 Å². The van der Waals surface area contributed by atoms with Crippen LogP contribution in [0, 0.1) is 5.92 Å². The van der Waals surface area contributed by atoms with Crippen molar-refractivity contribution in [3.05, 3.63) is 22.4 Å². The molecule has 0 spiro atoms. The first-order valence-electron chi connectivity index (χ1n) is 4.11. The van der Waals surface area contributed by atoms with E-state index in [1.54, 1.807) is 11.3 Å². The Kier molecular flexibility index (Phi) is 1.96. The highest BCUT2D eigenvalue weighted by Crippen LogP contribution is 2.29. The molecule has 0 saturated heterocycles. The Morgan fingerprint density at radius 1 is 1.73 bits per heavy atom. The second kappa shape index (κ2) is 2.95. The van der Waals surface area contributed by atoms with Gasteiger partial charge in [-0.1, -0.05) is 6.92 Å². The van der Waals surface area contributed by atoms with E-state index in [4.69, 9.17) is 0 Å². The van der Waals surface area contributed by atoms with Gasteiger partial charge < -0.3 is 5.32 Å². The third kappa shape index (κ3) is 1.82. The van der Waals surface area contributed by atoms with E-state index in [1.807, 2.05) is 0 Å². The second-order valence-electron chi connectivity index (χ2n) is 3.33. The lowest BCUT2D eigenvalue weighted by Gasteiger charge is -1.98. The smallest absolute Gasteiger partial charge is 0.0216 e. The van der Waals surface area contributed by atoms with Crippen molar-refractivity contribution in [2.75, 3.05) is 0 Å². The van der Waals surface area contributed by atoms with Gasteiger partial charge in [-0.2, -0.15) is 11.3 Å². The SMILES string of the molecule is CC1CC1NCc1ccsc1. The lowest BCUT2D eigenvalue weighted by molar-refractivity contribution is 0.654. The number of hydrogen-bond donors (Lipinski definition) is 1. The van der Waals surface area contributed by atoms with Crippen molar-refractivity contribution in [1.82, 2.24) is 5.32 Å². The fourth-order valence-electron chi connectivity index (χ4n) is 1.25. The van der Waals surface area contributed by atoms with Crippen LogP contribution in [0.3, 0.4) is 0 Å². The Labute approximate surface area is 71.4 Å². The molecular weight excluding hydrogens is 154 g/mol. The van der Waals surface area contributed by atoms with Crippen molar-refractivity contribution in [1.29, 1.82) is 0 Å². The molecule has 1 nitrogen and oxygen atoms in total. The van der Waals surface area contributed by atoms with E-state index in [1.165, 1.54) is 12.0 Å². The summed E-state index contributed by atoms with van der Waals surface area (Å²) in [6.45, 7) is 3.35. The van der Waals surface area contributed by atoms with Crippen molar-refractivity contribution < 1.29 is 0 Å². The summed E-state index contributed by atoms with van der Waals surface area (Å²) in [7, 11) is 0. The van der Waals surface area contributed by atoms with Gasteiger partial charge in [-0.3, -0.25) is 0 Å². The standard InChI is InChI=1S/C9H13NS/c1-7-4-9(7)10-5-8-2-3-11-6-8/h2-3,6-7,9-10H,4-5H2,1H3. The molecule has 0 amide bonds. The minimum Gasteiger partial charge on any atom is -0.310 e. The molecule has 2 atom stereocenters. The molecule has 0 bridgehead atoms. The van der Waals surface area contributed by atoms with Crippen LogP contribution in [0.4, 0.5) is 0 Å². The van der Waals surface area contributed by atoms with Crippen LogP contribution in [0.1, 0.15) is 18.9 Å². The molecule has 0 aliphatic heterocycles. The van der Waals surface area contributed by atoms with Gasteiger partial charge in [-0.25, -0.2) is 0 Å². The maximum Gasteiger partial charge on any atom is 0.0216 e. The predicted octanol–water partition coefficient (Wildman–Crippen LogP) is 2.25. The molecule has 2 heteroatoms. The van der Waals surface area contributed by atoms with Gasteiger partial charge in [-0.15, -0.1) is 0 Å². The van der Waals surface area contributed by atoms with E-state index in [0.717, 1.165) is 18.5 Å². The van der Waals surface area contributed by atoms with Gasteiger partial charge in [0, 0.05) is 12.6 Å². The molecule has 1 N–H and O–H groups in total. The monoisotopic (exact) mass is 167 g/mol. The Bertz CT molecular complexity index is 217. The summed E-state index contributed by atoms with van der Waals surface area (Å²) >= 11 is 1.77. The van der Waals surface area contributed by atoms with Crippen molar-refractivity contribution >= 4 is 11.3 Å². The van der Waals surface area contributed by atoms with Gasteiger partial charge in [0.25, 0.3) is 0 Å². The van der Waals surface area contributed by atoms with Crippen LogP contribution in [0.15, 0.2) is 16.8 Å². The van der Waals surface area contributed by atoms with E-state index in [2.05, 4.69) is 29.1 Å². The van der Waals surface area contributed by atoms with Gasteiger partial charge in [0.1, 0.15) is 0 Å². The Balaban J connectivity index is 1.75. The molecule has 1 aliphatic rings. The summed E-state index contributed by atoms with van der Waals surface area (Å²) in [5.74, 6) is 0.911. The summed E-state index contributed by atoms with van der Waals surface area (Å²) in [5.41, 5.74) is 1.43. The largest absolute Gasteiger partial charge is 0.310 e. The van der Waals surface area contributed by atoms with Gasteiger partial charge >= 0.3 is 0 Å². The molecule has 1 heterocycles. The quantitative estimate of drug-likeness (QED) is 0.728. The Morgan fingerprint density at radius 3 is 3.09 bits per heavy atom. The highest BCUT2D eigenvalue weighted by molar-refractivity contribution is 7.07. The number of hydrogen-bond acceptors (Lipinski definition) is 2. The predicted molar refractivity (Wildman–Crippen MR) is 48.7 cm³/mol. The van der Waals surface area contributed by atoms with E-state index in [0.29, 0.717) is 0 Å². The Hall–Kier alpha value is -0.340. The van der Waals surface area contributed by atoms with Crippen molar-refractivity contribution in [3.63, 3.8) is 0 Å². The number of thiophene rings is 1. The second-order valence-corrected chi connectivity index (χ2v) is 4.11. The molecule has 0 aromatic carbocycles. The molecular formula is C9H13NS. The first-order chi connectivity index (χ1) is 5.36. The summed E-state index contributed by atoms with van der Waals surface area (Å²) < 4.78 is 0. The molecule has 2 rings (SSSR count). The normalized spacial score (nSPS) is 28.8. The molecule has 1 aromatic heterocycles. The van der Waals surface area contributed by atoms with Crippen molar-refractivity contribution in [3.8, 4) is 0 Å². The van der Waals surface area contributed by atoms with Gasteiger partial charge in [0.05, 0.1) is 0 Å². The third-order valence-corrected chi connectivity index (χ3v) is 2.99. The average Bonchev–Trinajstić information content (AvgIpc) is 2.55. The summed E-state index contributed by atoms with van der Waals surface area (Å²) in [5, 5.41) is 7.86. The lowest BCUT2D eigenvalue weighted by atomic mass is 10.3. The van der Waals surface area contributed by atoms with E-state index in [-0.39, 0.29) is 0 Å². The molecule has 1 aromatic rings. The van der Waals surface area contributed by atoms with Gasteiger partial charge in [0.2, 0.25) is 0 Å². The van der Waals surface area contributed by atoms with Crippen LogP contribution in [0.2, 0.25) is 0 Å². The minimum absolute atomic E-state index is 0.801. The molecule has 11 heavy (non-hydrogen) atoms. The zero-order valence-electron chi connectivity index (χ0n) is 6.71. The lowest BCUT2D eigenvalue weighted by Crippen LogP contribution is -2.16. The van der Waals surface area contributed by atoms with Gasteiger partial charge in [-0.05, 0) is 34.7 Å². The first-order valence-corrected chi connectivity index (χ1v) is 5.05. The van der Waals surface area contributed by atoms with Crippen LogP contribution in [-0.2, 0) is 6.54 Å². The zero-order valence-corrected chi connectivity index (χ0v) is 7.53. The van der Waals surface area contributed by atoms with Crippen LogP contribution in [0.5, 0.6) is 0 Å². The van der Waals surface area contributed by atoms with Crippen LogP contribution in [-0.4, -0.2) is 6.04 Å². The van der Waals surface area contributed by atoms with Crippen LogP contribution < -0.4 is 5.32 Å². The van der Waals surface area contributed by atoms with Crippen molar-refractivity contribution in [2.24, 2.45) is 5.92 Å². The zero-order chi connectivity index (χ0) is 7.68.